The molecule has 4 amide bonds. The van der Waals surface area contributed by atoms with E-state index in [2.05, 4.69) is 30.8 Å². The molecular weight excluding hydrogens is 700 g/mol. The topological polar surface area (TPSA) is 144 Å². The first-order valence-electron chi connectivity index (χ1n) is 16.0. The van der Waals surface area contributed by atoms with E-state index in [4.69, 9.17) is 18.9 Å². The molecule has 0 atom stereocenters. The number of benzene rings is 1. The number of anilines is 4. The van der Waals surface area contributed by atoms with E-state index in [1.54, 1.807) is 83.1 Å². The first-order valence-corrected chi connectivity index (χ1v) is 16.8. The molecule has 1 aromatic heterocycles. The van der Waals surface area contributed by atoms with Crippen LogP contribution in [-0.2, 0) is 18.9 Å². The second-order valence-corrected chi connectivity index (χ2v) is 16.3. The Balaban J connectivity index is 2.22. The van der Waals surface area contributed by atoms with Gasteiger partial charge in [-0.3, -0.25) is 0 Å². The Morgan fingerprint density at radius 3 is 1.47 bits per heavy atom. The molecule has 0 spiro atoms. The van der Waals surface area contributed by atoms with Crippen LogP contribution in [0.15, 0.2) is 34.9 Å². The molecule has 0 bridgehead atoms. The average molecular weight is 750 g/mol. The van der Waals surface area contributed by atoms with Crippen LogP contribution in [0, 0.1) is 0 Å². The van der Waals surface area contributed by atoms with Gasteiger partial charge in [-0.1, -0.05) is 22.0 Å². The lowest BCUT2D eigenvalue weighted by atomic mass is 10.2. The van der Waals surface area contributed by atoms with Crippen LogP contribution in [-0.4, -0.2) is 82.9 Å². The van der Waals surface area contributed by atoms with Gasteiger partial charge < -0.3 is 28.7 Å². The number of hydrogen-bond donors (Lipinski definition) is 0. The maximum absolute atomic E-state index is 13.8. The standard InChI is InChI=1S/C34H49BrN6O8/c1-31(2,3)46-27(42)40(28(43)47-32(4,5)6)25-24(39-18-16-38(17-19-39)23-15-13-14-22(35)20-23)21-36-26(37-25)41(29(44)48-33(7,8)9)30(45)49-34(10,11)12/h13-15,20-21H,16-19H2,1-12H3. The minimum absolute atomic E-state index is 0.262. The molecule has 270 valence electrons. The Bertz CT molecular complexity index is 1480. The Hall–Kier alpha value is -4.14. The number of imide groups is 2. The van der Waals surface area contributed by atoms with Crippen LogP contribution in [0.3, 0.4) is 0 Å². The molecule has 1 fully saturated rings. The fourth-order valence-electron chi connectivity index (χ4n) is 4.45. The van der Waals surface area contributed by atoms with Crippen LogP contribution >= 0.6 is 15.9 Å². The van der Waals surface area contributed by atoms with Gasteiger partial charge in [-0.05, 0) is 101 Å². The van der Waals surface area contributed by atoms with Crippen molar-refractivity contribution in [3.8, 4) is 0 Å². The molecule has 2 aromatic rings. The van der Waals surface area contributed by atoms with Crippen LogP contribution in [0.1, 0.15) is 83.1 Å². The van der Waals surface area contributed by atoms with E-state index in [0.717, 1.165) is 10.2 Å². The number of halogens is 1. The quantitative estimate of drug-likeness (QED) is 0.280. The van der Waals surface area contributed by atoms with Gasteiger partial charge in [-0.15, -0.1) is 4.90 Å². The van der Waals surface area contributed by atoms with Gasteiger partial charge in [-0.25, -0.2) is 24.2 Å². The van der Waals surface area contributed by atoms with Crippen molar-refractivity contribution in [1.29, 1.82) is 0 Å². The Kier molecular flexibility index (Phi) is 11.8. The molecule has 1 aromatic carbocycles. The molecular formula is C34H49BrN6O8. The summed E-state index contributed by atoms with van der Waals surface area (Å²) in [6, 6.07) is 7.94. The highest BCUT2D eigenvalue weighted by Gasteiger charge is 2.40. The maximum Gasteiger partial charge on any atom is 0.427 e. The summed E-state index contributed by atoms with van der Waals surface area (Å²) in [5.41, 5.74) is -2.75. The zero-order chi connectivity index (χ0) is 37.1. The number of nitrogens with zero attached hydrogens (tertiary/aromatic N) is 6. The van der Waals surface area contributed by atoms with Gasteiger partial charge in [-0.2, -0.15) is 9.88 Å². The van der Waals surface area contributed by atoms with E-state index >= 15 is 0 Å². The summed E-state index contributed by atoms with van der Waals surface area (Å²) in [5.74, 6) is -0.756. The zero-order valence-electron chi connectivity index (χ0n) is 30.5. The van der Waals surface area contributed by atoms with Crippen molar-refractivity contribution in [2.24, 2.45) is 0 Å². The van der Waals surface area contributed by atoms with Gasteiger partial charge in [0.25, 0.3) is 0 Å². The highest BCUT2D eigenvalue weighted by atomic mass is 79.9. The Morgan fingerprint density at radius 2 is 1.06 bits per heavy atom. The average Bonchev–Trinajstić information content (AvgIpc) is 2.89. The normalized spacial score (nSPS) is 14.1. The molecule has 1 saturated heterocycles. The maximum atomic E-state index is 13.8. The smallest absolute Gasteiger partial charge is 0.427 e. The molecule has 15 heteroatoms. The highest BCUT2D eigenvalue weighted by molar-refractivity contribution is 9.10. The molecule has 0 N–H and O–H groups in total. The minimum Gasteiger partial charge on any atom is -0.443 e. The summed E-state index contributed by atoms with van der Waals surface area (Å²) in [7, 11) is 0. The van der Waals surface area contributed by atoms with Gasteiger partial charge in [0.2, 0.25) is 5.95 Å². The van der Waals surface area contributed by atoms with Crippen molar-refractivity contribution in [1.82, 2.24) is 9.97 Å². The minimum atomic E-state index is -1.12. The van der Waals surface area contributed by atoms with Crippen molar-refractivity contribution < 1.29 is 38.1 Å². The van der Waals surface area contributed by atoms with E-state index in [0.29, 0.717) is 36.0 Å². The number of amides is 4. The number of piperazine rings is 1. The monoisotopic (exact) mass is 748 g/mol. The summed E-state index contributed by atoms with van der Waals surface area (Å²) >= 11 is 3.53. The van der Waals surface area contributed by atoms with Crippen molar-refractivity contribution in [2.75, 3.05) is 45.8 Å². The molecule has 0 radical (unpaired) electrons. The lowest BCUT2D eigenvalue weighted by Gasteiger charge is -2.38. The molecule has 1 aliphatic rings. The molecule has 3 rings (SSSR count). The Morgan fingerprint density at radius 1 is 0.653 bits per heavy atom. The third-order valence-electron chi connectivity index (χ3n) is 6.25. The number of carbonyl (C=O) groups excluding carboxylic acids is 4. The van der Waals surface area contributed by atoms with Crippen LogP contribution in [0.25, 0.3) is 0 Å². The summed E-state index contributed by atoms with van der Waals surface area (Å²) in [5, 5.41) is 0. The first-order chi connectivity index (χ1) is 22.3. The summed E-state index contributed by atoms with van der Waals surface area (Å²) in [6.07, 6.45) is -3.06. The van der Waals surface area contributed by atoms with Gasteiger partial charge in [0, 0.05) is 36.3 Å². The molecule has 49 heavy (non-hydrogen) atoms. The molecule has 1 aliphatic heterocycles. The number of hydrogen-bond acceptors (Lipinski definition) is 12. The van der Waals surface area contributed by atoms with Gasteiger partial charge in [0.15, 0.2) is 5.82 Å². The summed E-state index contributed by atoms with van der Waals surface area (Å²) < 4.78 is 23.3. The van der Waals surface area contributed by atoms with Crippen molar-refractivity contribution in [2.45, 2.75) is 105 Å². The molecule has 0 aliphatic carbocycles. The molecule has 2 heterocycles. The number of rotatable bonds is 4. The summed E-state index contributed by atoms with van der Waals surface area (Å²) in [6.45, 7) is 21.8. The lowest BCUT2D eigenvalue weighted by molar-refractivity contribution is 0.0411. The van der Waals surface area contributed by atoms with Gasteiger partial charge in [0.05, 0.1) is 6.20 Å². The summed E-state index contributed by atoms with van der Waals surface area (Å²) in [4.78, 5) is 68.8. The predicted molar refractivity (Wildman–Crippen MR) is 190 cm³/mol. The molecule has 0 unspecified atom stereocenters. The van der Waals surface area contributed by atoms with Crippen LogP contribution < -0.4 is 19.6 Å². The highest BCUT2D eigenvalue weighted by Crippen LogP contribution is 2.34. The predicted octanol–water partition coefficient (Wildman–Crippen LogP) is 7.92. The number of aromatic nitrogens is 2. The van der Waals surface area contributed by atoms with E-state index < -0.39 is 52.7 Å². The van der Waals surface area contributed by atoms with Crippen LogP contribution in [0.4, 0.5) is 42.3 Å². The van der Waals surface area contributed by atoms with Crippen molar-refractivity contribution in [3.05, 3.63) is 34.9 Å². The fourth-order valence-corrected chi connectivity index (χ4v) is 4.83. The molecule has 14 nitrogen and oxygen atoms in total. The second-order valence-electron chi connectivity index (χ2n) is 15.4. The van der Waals surface area contributed by atoms with Crippen molar-refractivity contribution >= 4 is 63.4 Å². The molecule has 0 saturated carbocycles. The SMILES string of the molecule is CC(C)(C)OC(=O)N(C(=O)OC(C)(C)C)c1ncc(N2CCN(c3cccc(Br)c3)CC2)c(N(C(=O)OC(C)(C)C)C(=O)OC(C)(C)C)n1. The third kappa shape index (κ3) is 11.8. The number of ether oxygens (including phenoxy) is 4. The second kappa shape index (κ2) is 14.8. The first kappa shape index (κ1) is 39.3. The largest absolute Gasteiger partial charge is 0.443 e. The van der Waals surface area contributed by atoms with E-state index in [1.165, 1.54) is 6.20 Å². The van der Waals surface area contributed by atoms with E-state index in [9.17, 15) is 19.2 Å². The number of carbonyl (C=O) groups is 4. The Labute approximate surface area is 297 Å². The fraction of sp³-hybridized carbons (Fsp3) is 0.588. The zero-order valence-corrected chi connectivity index (χ0v) is 32.1. The van der Waals surface area contributed by atoms with Gasteiger partial charge in [0.1, 0.15) is 28.1 Å². The van der Waals surface area contributed by atoms with E-state index in [-0.39, 0.29) is 11.5 Å². The third-order valence-corrected chi connectivity index (χ3v) is 6.74. The van der Waals surface area contributed by atoms with Gasteiger partial charge >= 0.3 is 24.4 Å². The lowest BCUT2D eigenvalue weighted by Crippen LogP contribution is -2.49. The van der Waals surface area contributed by atoms with Crippen LogP contribution in [0.2, 0.25) is 0 Å². The van der Waals surface area contributed by atoms with E-state index in [1.807, 2.05) is 29.2 Å². The van der Waals surface area contributed by atoms with Crippen LogP contribution in [0.5, 0.6) is 0 Å². The van der Waals surface area contributed by atoms with Crippen molar-refractivity contribution in [3.63, 3.8) is 0 Å².